The summed E-state index contributed by atoms with van der Waals surface area (Å²) < 4.78 is 30.7. The molecule has 6 heteroatoms. The lowest BCUT2D eigenvalue weighted by molar-refractivity contribution is 0.413. The summed E-state index contributed by atoms with van der Waals surface area (Å²) in [4.78, 5) is 0.172. The zero-order valence-corrected chi connectivity index (χ0v) is 10.1. The summed E-state index contributed by atoms with van der Waals surface area (Å²) in [6.45, 7) is 0. The molecule has 0 radical (unpaired) electrons. The molecule has 0 amide bonds. The van der Waals surface area contributed by atoms with E-state index in [4.69, 9.17) is 4.74 Å². The molecular formula is C8H10BrNO3S. The number of sulfonamides is 1. The third-order valence-corrected chi connectivity index (χ3v) is 3.51. The highest BCUT2D eigenvalue weighted by molar-refractivity contribution is 9.10. The summed E-state index contributed by atoms with van der Waals surface area (Å²) in [6, 6.07) is 4.65. The van der Waals surface area contributed by atoms with Gasteiger partial charge >= 0.3 is 0 Å². The third kappa shape index (κ3) is 2.46. The van der Waals surface area contributed by atoms with E-state index in [2.05, 4.69) is 20.7 Å². The van der Waals surface area contributed by atoms with E-state index in [0.29, 0.717) is 10.2 Å². The number of halogens is 1. The Morgan fingerprint density at radius 3 is 2.50 bits per heavy atom. The van der Waals surface area contributed by atoms with Crippen LogP contribution in [0.15, 0.2) is 27.6 Å². The molecule has 78 valence electrons. The zero-order valence-electron chi connectivity index (χ0n) is 7.74. The Balaban J connectivity index is 3.29. The number of hydrogen-bond donors (Lipinski definition) is 1. The molecule has 0 aliphatic rings. The van der Waals surface area contributed by atoms with Crippen LogP contribution < -0.4 is 9.46 Å². The largest absolute Gasteiger partial charge is 0.497 e. The smallest absolute Gasteiger partial charge is 0.240 e. The number of methoxy groups -OCH3 is 1. The van der Waals surface area contributed by atoms with Crippen LogP contribution in [0.25, 0.3) is 0 Å². The second-order valence-electron chi connectivity index (χ2n) is 2.53. The Kier molecular flexibility index (Phi) is 3.52. The normalized spacial score (nSPS) is 11.4. The van der Waals surface area contributed by atoms with Gasteiger partial charge in [0.1, 0.15) is 5.75 Å². The Hall–Kier alpha value is -0.590. The Labute approximate surface area is 91.5 Å². The minimum Gasteiger partial charge on any atom is -0.497 e. The molecule has 0 atom stereocenters. The standard InChI is InChI=1S/C8H10BrNO3S/c1-10-14(11,12)8-4-6(9)3-7(5-8)13-2/h3-5,10H,1-2H3. The molecule has 0 spiro atoms. The van der Waals surface area contributed by atoms with Gasteiger partial charge in [-0.3, -0.25) is 0 Å². The Bertz CT molecular complexity index is 430. The van der Waals surface area contributed by atoms with E-state index in [9.17, 15) is 8.42 Å². The lowest BCUT2D eigenvalue weighted by atomic mass is 10.3. The molecule has 4 nitrogen and oxygen atoms in total. The van der Waals surface area contributed by atoms with Gasteiger partial charge in [0.2, 0.25) is 10.0 Å². The van der Waals surface area contributed by atoms with Crippen LogP contribution in [0.4, 0.5) is 0 Å². The topological polar surface area (TPSA) is 55.4 Å². The molecule has 0 unspecified atom stereocenters. The van der Waals surface area contributed by atoms with E-state index in [1.165, 1.54) is 26.3 Å². The van der Waals surface area contributed by atoms with Crippen molar-refractivity contribution >= 4 is 26.0 Å². The average Bonchev–Trinajstić information content (AvgIpc) is 2.16. The molecule has 1 rings (SSSR count). The fourth-order valence-corrected chi connectivity index (χ4v) is 2.34. The summed E-state index contributed by atoms with van der Waals surface area (Å²) in [5, 5.41) is 0. The number of benzene rings is 1. The Morgan fingerprint density at radius 1 is 1.36 bits per heavy atom. The van der Waals surface area contributed by atoms with Crippen molar-refractivity contribution in [3.63, 3.8) is 0 Å². The first-order valence-electron chi connectivity index (χ1n) is 3.77. The van der Waals surface area contributed by atoms with Crippen LogP contribution in [0.1, 0.15) is 0 Å². The van der Waals surface area contributed by atoms with Crippen LogP contribution in [-0.4, -0.2) is 22.6 Å². The maximum Gasteiger partial charge on any atom is 0.240 e. The minimum atomic E-state index is -3.41. The van der Waals surface area contributed by atoms with Gasteiger partial charge in [-0.05, 0) is 19.2 Å². The third-order valence-electron chi connectivity index (χ3n) is 1.66. The minimum absolute atomic E-state index is 0.172. The zero-order chi connectivity index (χ0) is 10.8. The highest BCUT2D eigenvalue weighted by Crippen LogP contribution is 2.23. The predicted molar refractivity (Wildman–Crippen MR) is 56.9 cm³/mol. The fraction of sp³-hybridized carbons (Fsp3) is 0.250. The average molecular weight is 280 g/mol. The van der Waals surface area contributed by atoms with Gasteiger partial charge in [-0.15, -0.1) is 0 Å². The van der Waals surface area contributed by atoms with E-state index in [1.54, 1.807) is 6.07 Å². The summed E-state index contributed by atoms with van der Waals surface area (Å²) >= 11 is 3.20. The van der Waals surface area contributed by atoms with Crippen LogP contribution in [0.5, 0.6) is 5.75 Å². The van der Waals surface area contributed by atoms with Crippen molar-refractivity contribution in [3.8, 4) is 5.75 Å². The van der Waals surface area contributed by atoms with Gasteiger partial charge in [0.05, 0.1) is 12.0 Å². The molecule has 1 aromatic carbocycles. The van der Waals surface area contributed by atoms with Crippen LogP contribution in [0.2, 0.25) is 0 Å². The molecule has 0 aliphatic heterocycles. The molecule has 14 heavy (non-hydrogen) atoms. The van der Waals surface area contributed by atoms with E-state index >= 15 is 0 Å². The first-order valence-corrected chi connectivity index (χ1v) is 6.05. The van der Waals surface area contributed by atoms with Crippen molar-refractivity contribution in [2.75, 3.05) is 14.2 Å². The summed E-state index contributed by atoms with van der Waals surface area (Å²) in [6.07, 6.45) is 0. The van der Waals surface area contributed by atoms with Gasteiger partial charge < -0.3 is 4.74 Å². The second-order valence-corrected chi connectivity index (χ2v) is 5.34. The number of rotatable bonds is 3. The quantitative estimate of drug-likeness (QED) is 0.909. The molecule has 1 N–H and O–H groups in total. The van der Waals surface area contributed by atoms with Gasteiger partial charge in [0.15, 0.2) is 0 Å². The predicted octanol–water partition coefficient (Wildman–Crippen LogP) is 1.37. The highest BCUT2D eigenvalue weighted by Gasteiger charge is 2.13. The van der Waals surface area contributed by atoms with Gasteiger partial charge in [-0.2, -0.15) is 0 Å². The molecule has 1 aromatic rings. The molecule has 0 aromatic heterocycles. The Morgan fingerprint density at radius 2 is 2.00 bits per heavy atom. The number of ether oxygens (including phenoxy) is 1. The van der Waals surface area contributed by atoms with Gasteiger partial charge in [0, 0.05) is 10.5 Å². The first kappa shape index (κ1) is 11.5. The maximum absolute atomic E-state index is 11.4. The van der Waals surface area contributed by atoms with Crippen molar-refractivity contribution in [3.05, 3.63) is 22.7 Å². The van der Waals surface area contributed by atoms with E-state index in [0.717, 1.165) is 0 Å². The molecular weight excluding hydrogens is 270 g/mol. The lowest BCUT2D eigenvalue weighted by Crippen LogP contribution is -2.18. The number of nitrogens with one attached hydrogen (secondary N) is 1. The summed E-state index contributed by atoms with van der Waals surface area (Å²) in [7, 11) is -0.566. The maximum atomic E-state index is 11.4. The van der Waals surface area contributed by atoms with Crippen LogP contribution in [0, 0.1) is 0 Å². The monoisotopic (exact) mass is 279 g/mol. The van der Waals surface area contributed by atoms with Crippen molar-refractivity contribution in [1.29, 1.82) is 0 Å². The van der Waals surface area contributed by atoms with Crippen molar-refractivity contribution in [2.45, 2.75) is 4.90 Å². The first-order chi connectivity index (χ1) is 6.49. The molecule has 0 bridgehead atoms. The molecule has 0 fully saturated rings. The van der Waals surface area contributed by atoms with Crippen molar-refractivity contribution in [2.24, 2.45) is 0 Å². The van der Waals surface area contributed by atoms with Gasteiger partial charge in [0.25, 0.3) is 0 Å². The van der Waals surface area contributed by atoms with Crippen LogP contribution in [0.3, 0.4) is 0 Å². The van der Waals surface area contributed by atoms with Crippen LogP contribution in [-0.2, 0) is 10.0 Å². The molecule has 0 aliphatic carbocycles. The van der Waals surface area contributed by atoms with Crippen molar-refractivity contribution in [1.82, 2.24) is 4.72 Å². The second kappa shape index (κ2) is 4.29. The molecule has 0 heterocycles. The SMILES string of the molecule is CNS(=O)(=O)c1cc(Br)cc(OC)c1. The molecule has 0 saturated heterocycles. The van der Waals surface area contributed by atoms with Gasteiger partial charge in [-0.1, -0.05) is 15.9 Å². The van der Waals surface area contributed by atoms with Gasteiger partial charge in [-0.25, -0.2) is 13.1 Å². The summed E-state index contributed by atoms with van der Waals surface area (Å²) in [5.41, 5.74) is 0. The lowest BCUT2D eigenvalue weighted by Gasteiger charge is -2.05. The molecule has 0 saturated carbocycles. The summed E-state index contributed by atoms with van der Waals surface area (Å²) in [5.74, 6) is 0.494. The van der Waals surface area contributed by atoms with E-state index in [-0.39, 0.29) is 4.90 Å². The highest BCUT2D eigenvalue weighted by atomic mass is 79.9. The van der Waals surface area contributed by atoms with E-state index in [1.807, 2.05) is 0 Å². The van der Waals surface area contributed by atoms with Crippen molar-refractivity contribution < 1.29 is 13.2 Å². The number of hydrogen-bond acceptors (Lipinski definition) is 3. The van der Waals surface area contributed by atoms with Crippen LogP contribution >= 0.6 is 15.9 Å². The fourth-order valence-electron chi connectivity index (χ4n) is 0.928. The van der Waals surface area contributed by atoms with E-state index < -0.39 is 10.0 Å².